The zero-order valence-corrected chi connectivity index (χ0v) is 14.2. The van der Waals surface area contributed by atoms with Crippen molar-refractivity contribution in [1.82, 2.24) is 0 Å². The molecule has 0 atom stereocenters. The molecule has 0 bridgehead atoms. The summed E-state index contributed by atoms with van der Waals surface area (Å²) in [5, 5.41) is 2.68. The minimum absolute atomic E-state index is 0.0440. The molecule has 25 heavy (non-hydrogen) atoms. The summed E-state index contributed by atoms with van der Waals surface area (Å²) in [4.78, 5) is 12.1. The molecule has 0 aliphatic heterocycles. The fourth-order valence-electron chi connectivity index (χ4n) is 2.36. The predicted molar refractivity (Wildman–Crippen MR) is 89.2 cm³/mol. The van der Waals surface area contributed by atoms with Gasteiger partial charge in [-0.3, -0.25) is 0 Å². The molecule has 5 nitrogen and oxygen atoms in total. The molecular weight excluding hydrogens is 332 g/mol. The second-order valence-electron chi connectivity index (χ2n) is 5.00. The molecule has 2 rings (SSSR count). The first kappa shape index (κ1) is 18.5. The van der Waals surface area contributed by atoms with Crippen LogP contribution in [0.4, 0.5) is 14.5 Å². The summed E-state index contributed by atoms with van der Waals surface area (Å²) in [6.07, 6.45) is 0. The molecule has 0 aliphatic carbocycles. The maximum atomic E-state index is 14.7. The number of nitrogens with one attached hydrogen (secondary N) is 1. The Labute approximate surface area is 144 Å². The Balaban J connectivity index is 2.49. The van der Waals surface area contributed by atoms with Gasteiger partial charge in [0.1, 0.15) is 11.3 Å². The maximum absolute atomic E-state index is 14.7. The van der Waals surface area contributed by atoms with E-state index in [9.17, 15) is 13.6 Å². The Morgan fingerprint density at radius 2 is 1.60 bits per heavy atom. The number of benzene rings is 2. The molecule has 2 aromatic rings. The number of anilines is 1. The number of halogens is 2. The van der Waals surface area contributed by atoms with Crippen molar-refractivity contribution >= 4 is 11.7 Å². The van der Waals surface area contributed by atoms with E-state index < -0.39 is 40.4 Å². The van der Waals surface area contributed by atoms with Crippen LogP contribution in [-0.4, -0.2) is 26.8 Å². The molecule has 0 aromatic heterocycles. The number of hydrogen-bond acceptors (Lipinski definition) is 5. The van der Waals surface area contributed by atoms with Crippen molar-refractivity contribution in [2.75, 3.05) is 26.1 Å². The Hall–Kier alpha value is -2.83. The van der Waals surface area contributed by atoms with E-state index in [2.05, 4.69) is 5.32 Å². The van der Waals surface area contributed by atoms with Gasteiger partial charge in [0, 0.05) is 6.54 Å². The number of methoxy groups -OCH3 is 2. The van der Waals surface area contributed by atoms with Crippen molar-refractivity contribution in [3.8, 4) is 11.5 Å². The smallest absolute Gasteiger partial charge is 0.345 e. The van der Waals surface area contributed by atoms with Crippen molar-refractivity contribution in [2.24, 2.45) is 0 Å². The topological polar surface area (TPSA) is 56.8 Å². The van der Waals surface area contributed by atoms with Gasteiger partial charge in [-0.2, -0.15) is 0 Å². The number of rotatable bonds is 7. The number of ether oxygens (including phenoxy) is 3. The third-order valence-electron chi connectivity index (χ3n) is 3.49. The molecular formula is C18H19F2NO4. The highest BCUT2D eigenvalue weighted by Gasteiger charge is 2.31. The molecule has 0 fully saturated rings. The summed E-state index contributed by atoms with van der Waals surface area (Å²) in [5.74, 6) is -3.86. The third kappa shape index (κ3) is 3.81. The molecule has 0 saturated carbocycles. The highest BCUT2D eigenvalue weighted by atomic mass is 19.1. The van der Waals surface area contributed by atoms with Crippen LogP contribution in [0, 0.1) is 11.6 Å². The number of carbonyl (C=O) groups excluding carboxylic acids is 1. The van der Waals surface area contributed by atoms with Crippen LogP contribution in [0.15, 0.2) is 30.3 Å². The Morgan fingerprint density at radius 1 is 1.04 bits per heavy atom. The summed E-state index contributed by atoms with van der Waals surface area (Å²) >= 11 is 0. The number of hydrogen-bond donors (Lipinski definition) is 1. The average molecular weight is 351 g/mol. The first-order valence-corrected chi connectivity index (χ1v) is 7.62. The summed E-state index contributed by atoms with van der Waals surface area (Å²) in [7, 11) is 2.36. The molecule has 0 radical (unpaired) electrons. The maximum Gasteiger partial charge on any atom is 0.345 e. The van der Waals surface area contributed by atoms with Crippen LogP contribution in [0.3, 0.4) is 0 Å². The van der Waals surface area contributed by atoms with E-state index in [1.54, 1.807) is 6.92 Å². The van der Waals surface area contributed by atoms with Crippen LogP contribution in [0.2, 0.25) is 0 Å². The second-order valence-corrected chi connectivity index (χ2v) is 5.00. The normalized spacial score (nSPS) is 10.3. The lowest BCUT2D eigenvalue weighted by Gasteiger charge is -2.18. The third-order valence-corrected chi connectivity index (χ3v) is 3.49. The largest absolute Gasteiger partial charge is 0.493 e. The average Bonchev–Trinajstić information content (AvgIpc) is 2.62. The van der Waals surface area contributed by atoms with Crippen LogP contribution in [0.1, 0.15) is 22.8 Å². The minimum atomic E-state index is -1.03. The van der Waals surface area contributed by atoms with Crippen LogP contribution >= 0.6 is 0 Å². The van der Waals surface area contributed by atoms with E-state index in [1.165, 1.54) is 14.2 Å². The van der Waals surface area contributed by atoms with Crippen molar-refractivity contribution in [2.45, 2.75) is 13.5 Å². The summed E-state index contributed by atoms with van der Waals surface area (Å²) < 4.78 is 44.2. The SMILES string of the molecule is CCOC(=O)c1c(OC)c(F)c(NCc2ccccc2)c(F)c1OC. The minimum Gasteiger partial charge on any atom is -0.493 e. The lowest BCUT2D eigenvalue weighted by molar-refractivity contribution is 0.0516. The van der Waals surface area contributed by atoms with E-state index in [-0.39, 0.29) is 13.2 Å². The summed E-state index contributed by atoms with van der Waals surface area (Å²) in [6.45, 7) is 1.81. The molecule has 0 saturated heterocycles. The molecule has 7 heteroatoms. The van der Waals surface area contributed by atoms with Crippen LogP contribution in [-0.2, 0) is 11.3 Å². The van der Waals surface area contributed by atoms with E-state index >= 15 is 0 Å². The van der Waals surface area contributed by atoms with Gasteiger partial charge in [0.15, 0.2) is 23.1 Å². The van der Waals surface area contributed by atoms with Crippen LogP contribution in [0.5, 0.6) is 11.5 Å². The lowest BCUT2D eigenvalue weighted by Crippen LogP contribution is -2.14. The van der Waals surface area contributed by atoms with Crippen LogP contribution < -0.4 is 14.8 Å². The van der Waals surface area contributed by atoms with E-state index in [1.807, 2.05) is 30.3 Å². The molecule has 0 spiro atoms. The van der Waals surface area contributed by atoms with Crippen molar-refractivity contribution < 1.29 is 27.8 Å². The standard InChI is InChI=1S/C18H19F2NO4/c1-4-25-18(22)12-16(23-2)13(19)15(14(20)17(12)24-3)21-10-11-8-6-5-7-9-11/h5-9,21H,4,10H2,1-3H3. The van der Waals surface area contributed by atoms with Crippen LogP contribution in [0.25, 0.3) is 0 Å². The van der Waals surface area contributed by atoms with Gasteiger partial charge in [0.05, 0.1) is 20.8 Å². The van der Waals surface area contributed by atoms with Gasteiger partial charge >= 0.3 is 5.97 Å². The fraction of sp³-hybridized carbons (Fsp3) is 0.278. The quantitative estimate of drug-likeness (QED) is 0.770. The predicted octanol–water partition coefficient (Wildman–Crippen LogP) is 3.77. The zero-order chi connectivity index (χ0) is 18.4. The highest BCUT2D eigenvalue weighted by Crippen LogP contribution is 2.40. The van der Waals surface area contributed by atoms with Crippen molar-refractivity contribution in [3.63, 3.8) is 0 Å². The Bertz CT molecular complexity index is 719. The van der Waals surface area contributed by atoms with Crippen molar-refractivity contribution in [1.29, 1.82) is 0 Å². The monoisotopic (exact) mass is 351 g/mol. The highest BCUT2D eigenvalue weighted by molar-refractivity contribution is 5.97. The van der Waals surface area contributed by atoms with Gasteiger partial charge in [-0.1, -0.05) is 30.3 Å². The number of esters is 1. The lowest BCUT2D eigenvalue weighted by atomic mass is 10.1. The number of carbonyl (C=O) groups is 1. The van der Waals surface area contributed by atoms with E-state index in [0.717, 1.165) is 5.56 Å². The van der Waals surface area contributed by atoms with Gasteiger partial charge in [0.25, 0.3) is 0 Å². The molecule has 0 unspecified atom stereocenters. The molecule has 0 heterocycles. The Kier molecular flexibility index (Phi) is 6.16. The Morgan fingerprint density at radius 3 is 2.08 bits per heavy atom. The van der Waals surface area contributed by atoms with E-state index in [4.69, 9.17) is 14.2 Å². The van der Waals surface area contributed by atoms with Gasteiger partial charge in [-0.15, -0.1) is 0 Å². The second kappa shape index (κ2) is 8.32. The van der Waals surface area contributed by atoms with Gasteiger partial charge in [0.2, 0.25) is 0 Å². The summed E-state index contributed by atoms with van der Waals surface area (Å²) in [6, 6.07) is 9.09. The summed E-state index contributed by atoms with van der Waals surface area (Å²) in [5.41, 5.74) is -0.0357. The molecule has 1 N–H and O–H groups in total. The van der Waals surface area contributed by atoms with Crippen molar-refractivity contribution in [3.05, 3.63) is 53.1 Å². The zero-order valence-electron chi connectivity index (χ0n) is 14.2. The fourth-order valence-corrected chi connectivity index (χ4v) is 2.36. The van der Waals surface area contributed by atoms with E-state index in [0.29, 0.717) is 0 Å². The molecule has 134 valence electrons. The molecule has 0 amide bonds. The molecule has 0 aliphatic rings. The van der Waals surface area contributed by atoms with Gasteiger partial charge in [-0.25, -0.2) is 13.6 Å². The first-order valence-electron chi connectivity index (χ1n) is 7.62. The van der Waals surface area contributed by atoms with Gasteiger partial charge < -0.3 is 19.5 Å². The molecule has 2 aromatic carbocycles. The van der Waals surface area contributed by atoms with Gasteiger partial charge in [-0.05, 0) is 12.5 Å². The first-order chi connectivity index (χ1) is 12.0.